The first-order chi connectivity index (χ1) is 5.24. The molecule has 0 aromatic rings. The van der Waals surface area contributed by atoms with E-state index in [1.54, 1.807) is 0 Å². The first-order valence-corrected chi connectivity index (χ1v) is 4.26. The van der Waals surface area contributed by atoms with E-state index in [1.807, 2.05) is 0 Å². The molecule has 11 heavy (non-hydrogen) atoms. The number of hydrogen-bond acceptors (Lipinski definition) is 3. The van der Waals surface area contributed by atoms with Crippen LogP contribution in [0.15, 0.2) is 12.7 Å². The lowest BCUT2D eigenvalue weighted by atomic mass is 10.0. The van der Waals surface area contributed by atoms with E-state index in [-0.39, 0.29) is 21.7 Å². The molecule has 0 unspecified atom stereocenters. The van der Waals surface area contributed by atoms with E-state index in [0.717, 1.165) is 0 Å². The Morgan fingerprint density at radius 3 is 2.00 bits per heavy atom. The summed E-state index contributed by atoms with van der Waals surface area (Å²) in [6.07, 6.45) is 2.28. The number of rotatable bonds is 6. The van der Waals surface area contributed by atoms with Crippen LogP contribution >= 0.6 is 8.46 Å². The Morgan fingerprint density at radius 2 is 1.82 bits per heavy atom. The van der Waals surface area contributed by atoms with E-state index in [1.165, 1.54) is 6.08 Å². The standard InChI is InChI=1S/C7H13O3P/c1-2-7(11-10,3-5-8)4-6-9/h2,8-9H,1,3-6H2. The van der Waals surface area contributed by atoms with E-state index in [2.05, 4.69) is 6.58 Å². The molecular weight excluding hydrogens is 163 g/mol. The second-order valence-electron chi connectivity index (χ2n) is 2.35. The van der Waals surface area contributed by atoms with Gasteiger partial charge < -0.3 is 10.2 Å². The van der Waals surface area contributed by atoms with E-state index in [9.17, 15) is 4.57 Å². The van der Waals surface area contributed by atoms with Gasteiger partial charge in [0.2, 0.25) is 0 Å². The Bertz CT molecular complexity index is 120. The summed E-state index contributed by atoms with van der Waals surface area (Å²) < 4.78 is 10.6. The number of aliphatic hydroxyl groups is 2. The van der Waals surface area contributed by atoms with E-state index in [4.69, 9.17) is 10.2 Å². The molecule has 0 amide bonds. The summed E-state index contributed by atoms with van der Waals surface area (Å²) in [6, 6.07) is 0. The van der Waals surface area contributed by atoms with Crippen LogP contribution in [0, 0.1) is 0 Å². The molecule has 4 heteroatoms. The van der Waals surface area contributed by atoms with Crippen LogP contribution in [0.25, 0.3) is 0 Å². The molecule has 0 heterocycles. The molecule has 0 saturated heterocycles. The zero-order valence-corrected chi connectivity index (χ0v) is 7.26. The van der Waals surface area contributed by atoms with Gasteiger partial charge in [0.25, 0.3) is 0 Å². The van der Waals surface area contributed by atoms with Crippen LogP contribution in [0.1, 0.15) is 12.8 Å². The van der Waals surface area contributed by atoms with Gasteiger partial charge in [-0.25, -0.2) is 0 Å². The van der Waals surface area contributed by atoms with E-state index in [0.29, 0.717) is 12.8 Å². The smallest absolute Gasteiger partial charge is 0.166 e. The van der Waals surface area contributed by atoms with Gasteiger partial charge in [0.15, 0.2) is 8.46 Å². The van der Waals surface area contributed by atoms with Gasteiger partial charge in [0.1, 0.15) is 0 Å². The van der Waals surface area contributed by atoms with Crippen LogP contribution < -0.4 is 0 Å². The summed E-state index contributed by atoms with van der Waals surface area (Å²) in [5.41, 5.74) is 0. The van der Waals surface area contributed by atoms with Crippen molar-refractivity contribution in [1.82, 2.24) is 0 Å². The average Bonchev–Trinajstić information content (AvgIpc) is 2.04. The number of allylic oxidation sites excluding steroid dienone is 1. The van der Waals surface area contributed by atoms with Crippen molar-refractivity contribution < 1.29 is 14.8 Å². The summed E-state index contributed by atoms with van der Waals surface area (Å²) in [5.74, 6) is 0. The lowest BCUT2D eigenvalue weighted by Crippen LogP contribution is -2.21. The maximum atomic E-state index is 10.6. The van der Waals surface area contributed by atoms with Crippen LogP contribution in [0.4, 0.5) is 0 Å². The maximum Gasteiger partial charge on any atom is 0.166 e. The predicted octanol–water partition coefficient (Wildman–Crippen LogP) is 0.968. The molecule has 0 spiro atoms. The van der Waals surface area contributed by atoms with Crippen LogP contribution in [0.2, 0.25) is 0 Å². The van der Waals surface area contributed by atoms with Crippen LogP contribution in [0.5, 0.6) is 0 Å². The highest BCUT2D eigenvalue weighted by Gasteiger charge is 2.25. The van der Waals surface area contributed by atoms with Crippen molar-refractivity contribution in [3.05, 3.63) is 12.7 Å². The van der Waals surface area contributed by atoms with Gasteiger partial charge in [-0.15, -0.1) is 6.58 Å². The first kappa shape index (κ1) is 10.8. The molecule has 0 saturated carbocycles. The highest BCUT2D eigenvalue weighted by molar-refractivity contribution is 7.26. The molecule has 0 aliphatic heterocycles. The Balaban J connectivity index is 4.18. The lowest BCUT2D eigenvalue weighted by molar-refractivity contribution is 0.242. The molecule has 0 radical (unpaired) electrons. The lowest BCUT2D eigenvalue weighted by Gasteiger charge is -2.19. The van der Waals surface area contributed by atoms with Crippen molar-refractivity contribution in [3.8, 4) is 0 Å². The van der Waals surface area contributed by atoms with Crippen molar-refractivity contribution in [2.24, 2.45) is 0 Å². The summed E-state index contributed by atoms with van der Waals surface area (Å²) in [5, 5.41) is 16.6. The third-order valence-electron chi connectivity index (χ3n) is 1.65. The fraction of sp³-hybridized carbons (Fsp3) is 0.714. The van der Waals surface area contributed by atoms with Gasteiger partial charge in [0.05, 0.1) is 5.16 Å². The predicted molar refractivity (Wildman–Crippen MR) is 43.9 cm³/mol. The zero-order valence-electron chi connectivity index (χ0n) is 6.36. The van der Waals surface area contributed by atoms with Crippen LogP contribution in [-0.4, -0.2) is 28.6 Å². The number of hydrogen-bond donors (Lipinski definition) is 2. The van der Waals surface area contributed by atoms with Gasteiger partial charge >= 0.3 is 0 Å². The van der Waals surface area contributed by atoms with Crippen LogP contribution in [-0.2, 0) is 4.57 Å². The minimum absolute atomic E-state index is 0.0404. The van der Waals surface area contributed by atoms with Gasteiger partial charge in [-0.05, 0) is 12.8 Å². The van der Waals surface area contributed by atoms with Gasteiger partial charge in [-0.1, -0.05) is 6.08 Å². The third-order valence-corrected chi connectivity index (χ3v) is 2.64. The SMILES string of the molecule is C=CC(CCO)(CCO)P=O. The summed E-state index contributed by atoms with van der Waals surface area (Å²) in [6.45, 7) is 3.43. The fourth-order valence-corrected chi connectivity index (χ4v) is 1.30. The molecule has 0 aromatic heterocycles. The summed E-state index contributed by atoms with van der Waals surface area (Å²) >= 11 is 0. The highest BCUT2D eigenvalue weighted by atomic mass is 31.1. The van der Waals surface area contributed by atoms with Gasteiger partial charge in [0, 0.05) is 13.2 Å². The second kappa shape index (κ2) is 5.42. The molecule has 2 N–H and O–H groups in total. The summed E-state index contributed by atoms with van der Waals surface area (Å²) in [7, 11) is -0.0884. The van der Waals surface area contributed by atoms with Crippen molar-refractivity contribution in [2.45, 2.75) is 18.0 Å². The molecule has 0 rings (SSSR count). The molecular formula is C7H13O3P. The maximum absolute atomic E-state index is 10.6. The highest BCUT2D eigenvalue weighted by Crippen LogP contribution is 2.31. The monoisotopic (exact) mass is 176 g/mol. The molecule has 0 aromatic carbocycles. The molecule has 0 bridgehead atoms. The first-order valence-electron chi connectivity index (χ1n) is 3.44. The third kappa shape index (κ3) is 3.10. The van der Waals surface area contributed by atoms with Crippen molar-refractivity contribution in [3.63, 3.8) is 0 Å². The van der Waals surface area contributed by atoms with Crippen molar-refractivity contribution in [2.75, 3.05) is 13.2 Å². The second-order valence-corrected chi connectivity index (χ2v) is 3.42. The topological polar surface area (TPSA) is 57.5 Å². The normalized spacial score (nSPS) is 11.8. The Hall–Kier alpha value is -0.240. The van der Waals surface area contributed by atoms with Crippen molar-refractivity contribution in [1.29, 1.82) is 0 Å². The molecule has 3 nitrogen and oxygen atoms in total. The van der Waals surface area contributed by atoms with Crippen LogP contribution in [0.3, 0.4) is 0 Å². The summed E-state index contributed by atoms with van der Waals surface area (Å²) in [4.78, 5) is 0. The Kier molecular flexibility index (Phi) is 5.30. The average molecular weight is 176 g/mol. The fourth-order valence-electron chi connectivity index (χ4n) is 0.845. The molecule has 0 atom stereocenters. The molecule has 0 aliphatic rings. The van der Waals surface area contributed by atoms with Gasteiger partial charge in [-0.2, -0.15) is 0 Å². The number of aliphatic hydroxyl groups excluding tert-OH is 2. The zero-order chi connectivity index (χ0) is 8.74. The Labute approximate surface area is 67.9 Å². The molecule has 0 aliphatic carbocycles. The minimum atomic E-state index is -0.635. The van der Waals surface area contributed by atoms with E-state index >= 15 is 0 Å². The largest absolute Gasteiger partial charge is 0.396 e. The van der Waals surface area contributed by atoms with Gasteiger partial charge in [-0.3, -0.25) is 4.57 Å². The molecule has 0 fully saturated rings. The minimum Gasteiger partial charge on any atom is -0.396 e. The Morgan fingerprint density at radius 1 is 1.36 bits per heavy atom. The van der Waals surface area contributed by atoms with E-state index < -0.39 is 5.16 Å². The molecule has 64 valence electrons. The quantitative estimate of drug-likeness (QED) is 0.468. The van der Waals surface area contributed by atoms with Crippen molar-refractivity contribution >= 4 is 8.46 Å².